The van der Waals surface area contributed by atoms with E-state index in [0.717, 1.165) is 18.6 Å². The summed E-state index contributed by atoms with van der Waals surface area (Å²) in [5, 5.41) is 0. The normalized spacial score (nSPS) is 18.6. The molecule has 1 fully saturated rings. The molecule has 0 aromatic carbocycles. The second kappa shape index (κ2) is 6.52. The number of furan rings is 1. The third kappa shape index (κ3) is 4.77. The molecule has 2 heterocycles. The molecule has 118 valence electrons. The summed E-state index contributed by atoms with van der Waals surface area (Å²) in [6.07, 6.45) is 3.16. The lowest BCUT2D eigenvalue weighted by atomic mass is 10.1. The minimum absolute atomic E-state index is 0.0573. The van der Waals surface area contributed by atoms with E-state index < -0.39 is 5.60 Å². The maximum atomic E-state index is 12.0. The molecular formula is C16H25NO4. The van der Waals surface area contributed by atoms with E-state index in [1.165, 1.54) is 0 Å². The number of hydrogen-bond donors (Lipinski definition) is 0. The number of hydrogen-bond acceptors (Lipinski definition) is 4. The number of rotatable bonds is 3. The summed E-state index contributed by atoms with van der Waals surface area (Å²) >= 11 is 0. The first-order valence-corrected chi connectivity index (χ1v) is 7.52. The van der Waals surface area contributed by atoms with Crippen LogP contribution in [-0.2, 0) is 9.47 Å². The summed E-state index contributed by atoms with van der Waals surface area (Å²) in [6, 6.07) is 3.78. The van der Waals surface area contributed by atoms with Crippen LogP contribution in [0.2, 0.25) is 0 Å². The molecule has 1 aliphatic rings. The van der Waals surface area contributed by atoms with Gasteiger partial charge in [0.1, 0.15) is 17.5 Å². The molecule has 0 bridgehead atoms. The van der Waals surface area contributed by atoms with Crippen LogP contribution < -0.4 is 0 Å². The van der Waals surface area contributed by atoms with E-state index in [0.29, 0.717) is 13.1 Å². The highest BCUT2D eigenvalue weighted by atomic mass is 16.6. The first-order chi connectivity index (χ1) is 9.85. The molecule has 1 aliphatic heterocycles. The van der Waals surface area contributed by atoms with Crippen LogP contribution >= 0.6 is 0 Å². The van der Waals surface area contributed by atoms with Gasteiger partial charge in [-0.2, -0.15) is 0 Å². The Bertz CT molecular complexity index is 441. The summed E-state index contributed by atoms with van der Waals surface area (Å²) in [7, 11) is 0. The molecule has 2 rings (SSSR count). The van der Waals surface area contributed by atoms with Gasteiger partial charge >= 0.3 is 6.09 Å². The molecule has 0 N–H and O–H groups in total. The lowest BCUT2D eigenvalue weighted by Gasteiger charge is -2.34. The quantitative estimate of drug-likeness (QED) is 0.852. The van der Waals surface area contributed by atoms with Crippen molar-refractivity contribution in [2.75, 3.05) is 13.1 Å². The standard InChI is InChI=1S/C16H25NO4/c1-12(14-6-5-11-19-14)20-13-7-9-17(10-8-13)15(18)21-16(2,3)4/h5-6,11-13H,7-10H2,1-4H3/t12-/m0/s1. The van der Waals surface area contributed by atoms with Crippen LogP contribution in [0.4, 0.5) is 4.79 Å². The zero-order valence-electron chi connectivity index (χ0n) is 13.3. The Labute approximate surface area is 126 Å². The molecule has 21 heavy (non-hydrogen) atoms. The molecule has 1 aromatic rings. The lowest BCUT2D eigenvalue weighted by Crippen LogP contribution is -2.43. The summed E-state index contributed by atoms with van der Waals surface area (Å²) < 4.78 is 16.7. The van der Waals surface area contributed by atoms with Crippen molar-refractivity contribution in [3.8, 4) is 0 Å². The molecule has 5 heteroatoms. The van der Waals surface area contributed by atoms with E-state index in [9.17, 15) is 4.79 Å². The van der Waals surface area contributed by atoms with Crippen molar-refractivity contribution in [2.24, 2.45) is 0 Å². The second-order valence-corrected chi connectivity index (χ2v) is 6.46. The zero-order valence-corrected chi connectivity index (χ0v) is 13.3. The van der Waals surface area contributed by atoms with Gasteiger partial charge < -0.3 is 18.8 Å². The average molecular weight is 295 g/mol. The van der Waals surface area contributed by atoms with Crippen LogP contribution in [0, 0.1) is 0 Å². The van der Waals surface area contributed by atoms with Crippen molar-refractivity contribution >= 4 is 6.09 Å². The Morgan fingerprint density at radius 1 is 1.38 bits per heavy atom. The first kappa shape index (κ1) is 15.9. The molecule has 1 atom stereocenters. The van der Waals surface area contributed by atoms with Gasteiger partial charge in [0.15, 0.2) is 0 Å². The van der Waals surface area contributed by atoms with E-state index in [1.807, 2.05) is 39.8 Å². The smallest absolute Gasteiger partial charge is 0.410 e. The molecule has 0 saturated carbocycles. The van der Waals surface area contributed by atoms with E-state index >= 15 is 0 Å². The van der Waals surface area contributed by atoms with Crippen molar-refractivity contribution in [1.82, 2.24) is 4.90 Å². The number of carbonyl (C=O) groups excluding carboxylic acids is 1. The fourth-order valence-electron chi connectivity index (χ4n) is 2.38. The van der Waals surface area contributed by atoms with Crippen molar-refractivity contribution < 1.29 is 18.7 Å². The fraction of sp³-hybridized carbons (Fsp3) is 0.688. The molecule has 0 radical (unpaired) electrons. The Morgan fingerprint density at radius 2 is 2.05 bits per heavy atom. The molecule has 5 nitrogen and oxygen atoms in total. The number of ether oxygens (including phenoxy) is 2. The minimum Gasteiger partial charge on any atom is -0.467 e. The third-order valence-electron chi connectivity index (χ3n) is 3.43. The topological polar surface area (TPSA) is 51.9 Å². The number of likely N-dealkylation sites (tertiary alicyclic amines) is 1. The van der Waals surface area contributed by atoms with Crippen LogP contribution in [0.3, 0.4) is 0 Å². The minimum atomic E-state index is -0.446. The van der Waals surface area contributed by atoms with Gasteiger partial charge in [0, 0.05) is 13.1 Å². The largest absolute Gasteiger partial charge is 0.467 e. The molecule has 0 unspecified atom stereocenters. The summed E-state index contributed by atoms with van der Waals surface area (Å²) in [5.74, 6) is 0.838. The number of carbonyl (C=O) groups is 1. The van der Waals surface area contributed by atoms with Crippen molar-refractivity contribution in [2.45, 2.75) is 58.3 Å². The van der Waals surface area contributed by atoms with Crippen LogP contribution in [0.5, 0.6) is 0 Å². The third-order valence-corrected chi connectivity index (χ3v) is 3.43. The van der Waals surface area contributed by atoms with Crippen LogP contribution in [0.1, 0.15) is 52.4 Å². The van der Waals surface area contributed by atoms with Crippen LogP contribution in [-0.4, -0.2) is 35.8 Å². The number of piperidine rings is 1. The summed E-state index contributed by atoms with van der Waals surface area (Å²) in [4.78, 5) is 13.7. The Kier molecular flexibility index (Phi) is 4.93. The molecule has 0 aliphatic carbocycles. The van der Waals surface area contributed by atoms with Gasteiger partial charge in [0.2, 0.25) is 0 Å². The van der Waals surface area contributed by atoms with Gasteiger partial charge in [-0.3, -0.25) is 0 Å². The van der Waals surface area contributed by atoms with Gasteiger partial charge in [-0.25, -0.2) is 4.79 Å². The van der Waals surface area contributed by atoms with E-state index in [1.54, 1.807) is 11.2 Å². The Hall–Kier alpha value is -1.49. The number of nitrogens with zero attached hydrogens (tertiary/aromatic N) is 1. The molecular weight excluding hydrogens is 270 g/mol. The highest BCUT2D eigenvalue weighted by Crippen LogP contribution is 2.24. The molecule has 1 aromatic heterocycles. The first-order valence-electron chi connectivity index (χ1n) is 7.52. The fourth-order valence-corrected chi connectivity index (χ4v) is 2.38. The SMILES string of the molecule is C[C@H](OC1CCN(C(=O)OC(C)(C)C)CC1)c1ccco1. The summed E-state index contributed by atoms with van der Waals surface area (Å²) in [5.41, 5.74) is -0.446. The van der Waals surface area contributed by atoms with Crippen LogP contribution in [0.15, 0.2) is 22.8 Å². The molecule has 0 spiro atoms. The van der Waals surface area contributed by atoms with Gasteiger partial charge in [0.05, 0.1) is 12.4 Å². The maximum Gasteiger partial charge on any atom is 0.410 e. The van der Waals surface area contributed by atoms with Gasteiger partial charge in [-0.05, 0) is 52.7 Å². The predicted octanol–water partition coefficient (Wildman–Crippen LogP) is 3.76. The van der Waals surface area contributed by atoms with Gasteiger partial charge in [-0.1, -0.05) is 0 Å². The highest BCUT2D eigenvalue weighted by molar-refractivity contribution is 5.68. The van der Waals surface area contributed by atoms with E-state index in [2.05, 4.69) is 0 Å². The lowest BCUT2D eigenvalue weighted by molar-refractivity contribution is -0.0476. The van der Waals surface area contributed by atoms with Crippen molar-refractivity contribution in [3.05, 3.63) is 24.2 Å². The zero-order chi connectivity index (χ0) is 15.5. The highest BCUT2D eigenvalue weighted by Gasteiger charge is 2.28. The van der Waals surface area contributed by atoms with Gasteiger partial charge in [0.25, 0.3) is 0 Å². The predicted molar refractivity (Wildman–Crippen MR) is 79.0 cm³/mol. The van der Waals surface area contributed by atoms with E-state index in [-0.39, 0.29) is 18.3 Å². The second-order valence-electron chi connectivity index (χ2n) is 6.46. The van der Waals surface area contributed by atoms with Crippen molar-refractivity contribution in [1.29, 1.82) is 0 Å². The molecule has 1 saturated heterocycles. The molecule has 1 amide bonds. The Morgan fingerprint density at radius 3 is 2.57 bits per heavy atom. The average Bonchev–Trinajstić information content (AvgIpc) is 2.91. The Balaban J connectivity index is 1.77. The van der Waals surface area contributed by atoms with Gasteiger partial charge in [-0.15, -0.1) is 0 Å². The number of amides is 1. The monoisotopic (exact) mass is 295 g/mol. The summed E-state index contributed by atoms with van der Waals surface area (Å²) in [6.45, 7) is 8.97. The maximum absolute atomic E-state index is 12.0. The van der Waals surface area contributed by atoms with Crippen molar-refractivity contribution in [3.63, 3.8) is 0 Å². The van der Waals surface area contributed by atoms with E-state index in [4.69, 9.17) is 13.9 Å². The van der Waals surface area contributed by atoms with Crippen LogP contribution in [0.25, 0.3) is 0 Å².